The highest BCUT2D eigenvalue weighted by molar-refractivity contribution is 5.96. The standard InChI is InChI=1S/C15H23NO5/c1-5-20-13(18)9-12(17)16(4)11-8-7-10(3)14(11)15(19)21-6-2/h10H,5-9H2,1-4H3/t10-/m1/s1. The number of rotatable bonds is 6. The average Bonchev–Trinajstić information content (AvgIpc) is 2.80. The van der Waals surface area contributed by atoms with Gasteiger partial charge < -0.3 is 14.4 Å². The summed E-state index contributed by atoms with van der Waals surface area (Å²) in [4.78, 5) is 36.9. The van der Waals surface area contributed by atoms with Crippen LogP contribution in [0.3, 0.4) is 0 Å². The van der Waals surface area contributed by atoms with Crippen LogP contribution in [0.2, 0.25) is 0 Å². The predicted molar refractivity (Wildman–Crippen MR) is 76.1 cm³/mol. The van der Waals surface area contributed by atoms with Crippen LogP contribution in [0.15, 0.2) is 11.3 Å². The van der Waals surface area contributed by atoms with Gasteiger partial charge in [0.05, 0.1) is 18.8 Å². The monoisotopic (exact) mass is 297 g/mol. The highest BCUT2D eigenvalue weighted by Crippen LogP contribution is 2.34. The molecule has 1 aliphatic rings. The van der Waals surface area contributed by atoms with Gasteiger partial charge in [0.2, 0.25) is 5.91 Å². The van der Waals surface area contributed by atoms with Crippen LogP contribution in [0.5, 0.6) is 0 Å². The molecule has 21 heavy (non-hydrogen) atoms. The van der Waals surface area contributed by atoms with Gasteiger partial charge in [-0.15, -0.1) is 0 Å². The summed E-state index contributed by atoms with van der Waals surface area (Å²) in [6.07, 6.45) is 1.10. The number of nitrogens with zero attached hydrogens (tertiary/aromatic N) is 1. The van der Waals surface area contributed by atoms with Crippen LogP contribution in [0.1, 0.15) is 40.0 Å². The molecule has 0 radical (unpaired) electrons. The predicted octanol–water partition coefficient (Wildman–Crippen LogP) is 1.65. The third-order valence-electron chi connectivity index (χ3n) is 3.49. The average molecular weight is 297 g/mol. The highest BCUT2D eigenvalue weighted by atomic mass is 16.5. The maximum absolute atomic E-state index is 12.1. The first-order chi connectivity index (χ1) is 9.92. The Morgan fingerprint density at radius 1 is 1.19 bits per heavy atom. The molecule has 0 N–H and O–H groups in total. The van der Waals surface area contributed by atoms with Crippen molar-refractivity contribution in [2.45, 2.75) is 40.0 Å². The summed E-state index contributed by atoms with van der Waals surface area (Å²) in [7, 11) is 1.58. The van der Waals surface area contributed by atoms with Gasteiger partial charge in [0.1, 0.15) is 6.42 Å². The Labute approximate surface area is 125 Å². The number of esters is 2. The third kappa shape index (κ3) is 4.31. The number of ether oxygens (including phenoxy) is 2. The van der Waals surface area contributed by atoms with E-state index in [-0.39, 0.29) is 30.8 Å². The molecule has 1 amide bonds. The van der Waals surface area contributed by atoms with Crippen molar-refractivity contribution in [3.05, 3.63) is 11.3 Å². The van der Waals surface area contributed by atoms with Crippen molar-refractivity contribution >= 4 is 17.8 Å². The molecule has 0 aromatic rings. The summed E-state index contributed by atoms with van der Waals surface area (Å²) < 4.78 is 9.81. The van der Waals surface area contributed by atoms with Crippen LogP contribution in [0.4, 0.5) is 0 Å². The highest BCUT2D eigenvalue weighted by Gasteiger charge is 2.32. The van der Waals surface area contributed by atoms with E-state index in [0.717, 1.165) is 6.42 Å². The minimum atomic E-state index is -0.557. The quantitative estimate of drug-likeness (QED) is 0.550. The van der Waals surface area contributed by atoms with Gasteiger partial charge in [0.25, 0.3) is 0 Å². The molecular weight excluding hydrogens is 274 g/mol. The molecule has 0 heterocycles. The molecule has 0 aromatic heterocycles. The van der Waals surface area contributed by atoms with Crippen LogP contribution < -0.4 is 0 Å². The van der Waals surface area contributed by atoms with E-state index in [0.29, 0.717) is 24.3 Å². The van der Waals surface area contributed by atoms with E-state index in [9.17, 15) is 14.4 Å². The zero-order chi connectivity index (χ0) is 16.0. The summed E-state index contributed by atoms with van der Waals surface area (Å²) in [5.74, 6) is -1.26. The summed E-state index contributed by atoms with van der Waals surface area (Å²) in [6.45, 7) is 5.90. The molecule has 0 aromatic carbocycles. The van der Waals surface area contributed by atoms with Gasteiger partial charge in [-0.2, -0.15) is 0 Å². The second kappa shape index (κ2) is 7.81. The molecule has 0 fully saturated rings. The fraction of sp³-hybridized carbons (Fsp3) is 0.667. The van der Waals surface area contributed by atoms with Gasteiger partial charge in [-0.1, -0.05) is 6.92 Å². The number of carbonyl (C=O) groups excluding carboxylic acids is 3. The zero-order valence-electron chi connectivity index (χ0n) is 13.1. The summed E-state index contributed by atoms with van der Waals surface area (Å²) in [6, 6.07) is 0. The number of allylic oxidation sites excluding steroid dienone is 1. The zero-order valence-corrected chi connectivity index (χ0v) is 13.1. The molecule has 0 saturated carbocycles. The topological polar surface area (TPSA) is 72.9 Å². The first-order valence-electron chi connectivity index (χ1n) is 7.24. The van der Waals surface area contributed by atoms with Gasteiger partial charge in [0, 0.05) is 12.7 Å². The van der Waals surface area contributed by atoms with E-state index in [4.69, 9.17) is 9.47 Å². The molecule has 0 aliphatic heterocycles. The number of carbonyl (C=O) groups is 3. The van der Waals surface area contributed by atoms with Crippen molar-refractivity contribution in [3.63, 3.8) is 0 Å². The van der Waals surface area contributed by atoms with Crippen molar-refractivity contribution < 1.29 is 23.9 Å². The van der Waals surface area contributed by atoms with E-state index < -0.39 is 5.97 Å². The van der Waals surface area contributed by atoms with Crippen LogP contribution in [-0.4, -0.2) is 43.0 Å². The lowest BCUT2D eigenvalue weighted by Crippen LogP contribution is -2.30. The van der Waals surface area contributed by atoms with Crippen molar-refractivity contribution in [1.29, 1.82) is 0 Å². The van der Waals surface area contributed by atoms with E-state index in [1.54, 1.807) is 20.9 Å². The Morgan fingerprint density at radius 3 is 2.38 bits per heavy atom. The molecule has 0 bridgehead atoms. The first kappa shape index (κ1) is 17.2. The largest absolute Gasteiger partial charge is 0.466 e. The molecule has 118 valence electrons. The van der Waals surface area contributed by atoms with Crippen LogP contribution in [-0.2, 0) is 23.9 Å². The van der Waals surface area contributed by atoms with E-state index in [1.807, 2.05) is 6.92 Å². The first-order valence-corrected chi connectivity index (χ1v) is 7.24. The van der Waals surface area contributed by atoms with Gasteiger partial charge in [-0.05, 0) is 32.6 Å². The maximum Gasteiger partial charge on any atom is 0.336 e. The van der Waals surface area contributed by atoms with Crippen LogP contribution in [0, 0.1) is 5.92 Å². The number of amides is 1. The molecule has 0 unspecified atom stereocenters. The molecule has 1 atom stereocenters. The van der Waals surface area contributed by atoms with Crippen LogP contribution in [0.25, 0.3) is 0 Å². The SMILES string of the molecule is CCOC(=O)CC(=O)N(C)C1=C(C(=O)OCC)[C@H](C)CC1. The number of hydrogen-bond acceptors (Lipinski definition) is 5. The number of hydrogen-bond donors (Lipinski definition) is 0. The Kier molecular flexibility index (Phi) is 6.39. The van der Waals surface area contributed by atoms with Crippen LogP contribution >= 0.6 is 0 Å². The van der Waals surface area contributed by atoms with Gasteiger partial charge in [0.15, 0.2) is 0 Å². The van der Waals surface area contributed by atoms with E-state index >= 15 is 0 Å². The van der Waals surface area contributed by atoms with Crippen molar-refractivity contribution in [3.8, 4) is 0 Å². The van der Waals surface area contributed by atoms with E-state index in [1.165, 1.54) is 4.90 Å². The molecule has 6 heteroatoms. The Hall–Kier alpha value is -1.85. The van der Waals surface area contributed by atoms with Gasteiger partial charge >= 0.3 is 11.9 Å². The molecular formula is C15H23NO5. The normalized spacial score (nSPS) is 17.6. The van der Waals surface area contributed by atoms with Gasteiger partial charge in [-0.3, -0.25) is 9.59 Å². The lowest BCUT2D eigenvalue weighted by atomic mass is 10.0. The maximum atomic E-state index is 12.1. The van der Waals surface area contributed by atoms with E-state index in [2.05, 4.69) is 0 Å². The Bertz CT molecular complexity index is 455. The molecule has 0 saturated heterocycles. The Balaban J connectivity index is 2.87. The lowest BCUT2D eigenvalue weighted by molar-refractivity contribution is -0.147. The molecule has 0 spiro atoms. The molecule has 6 nitrogen and oxygen atoms in total. The summed E-state index contributed by atoms with van der Waals surface area (Å²) in [5.41, 5.74) is 1.19. The minimum Gasteiger partial charge on any atom is -0.466 e. The lowest BCUT2D eigenvalue weighted by Gasteiger charge is -2.20. The summed E-state index contributed by atoms with van der Waals surface area (Å²) in [5, 5.41) is 0. The van der Waals surface area contributed by atoms with Crippen molar-refractivity contribution in [1.82, 2.24) is 4.90 Å². The molecule has 1 aliphatic carbocycles. The Morgan fingerprint density at radius 2 is 1.81 bits per heavy atom. The fourth-order valence-corrected chi connectivity index (χ4v) is 2.40. The second-order valence-corrected chi connectivity index (χ2v) is 4.96. The molecule has 1 rings (SSSR count). The van der Waals surface area contributed by atoms with Crippen molar-refractivity contribution in [2.24, 2.45) is 5.92 Å². The fourth-order valence-electron chi connectivity index (χ4n) is 2.40. The summed E-state index contributed by atoms with van der Waals surface area (Å²) >= 11 is 0. The third-order valence-corrected chi connectivity index (χ3v) is 3.49. The minimum absolute atomic E-state index is 0.0527. The second-order valence-electron chi connectivity index (χ2n) is 4.96. The van der Waals surface area contributed by atoms with Gasteiger partial charge in [-0.25, -0.2) is 4.79 Å². The smallest absolute Gasteiger partial charge is 0.336 e. The van der Waals surface area contributed by atoms with Crippen molar-refractivity contribution in [2.75, 3.05) is 20.3 Å².